The van der Waals surface area contributed by atoms with Crippen molar-refractivity contribution >= 4 is 5.78 Å². The molecule has 0 aliphatic heterocycles. The smallest absolute Gasteiger partial charge is 0.179 e. The molecule has 1 atom stereocenters. The van der Waals surface area contributed by atoms with Gasteiger partial charge in [-0.15, -0.1) is 0 Å². The maximum atomic E-state index is 11.6. The Labute approximate surface area is 81.0 Å². The summed E-state index contributed by atoms with van der Waals surface area (Å²) >= 11 is 0. The molecule has 0 fully saturated rings. The predicted molar refractivity (Wildman–Crippen MR) is 50.4 cm³/mol. The lowest BCUT2D eigenvalue weighted by atomic mass is 9.87. The van der Waals surface area contributed by atoms with E-state index in [0.29, 0.717) is 18.4 Å². The van der Waals surface area contributed by atoms with Crippen LogP contribution in [0, 0.1) is 0 Å². The fourth-order valence-corrected chi connectivity index (χ4v) is 1.70. The number of Topliss-reactive ketones (excluding diaryl/α,β-unsaturated/α-hetero) is 1. The second kappa shape index (κ2) is 2.99. The summed E-state index contributed by atoms with van der Waals surface area (Å²) < 4.78 is 0. The number of hydrogen-bond acceptors (Lipinski definition) is 4. The van der Waals surface area contributed by atoms with Crippen LogP contribution < -0.4 is 5.73 Å². The van der Waals surface area contributed by atoms with Gasteiger partial charge in [-0.05, 0) is 30.5 Å². The highest BCUT2D eigenvalue weighted by Crippen LogP contribution is 2.31. The van der Waals surface area contributed by atoms with E-state index in [-0.39, 0.29) is 17.3 Å². The molecule has 0 saturated carbocycles. The van der Waals surface area contributed by atoms with Crippen LogP contribution in [0.25, 0.3) is 0 Å². The maximum absolute atomic E-state index is 11.6. The molecular formula is C10H11NO3. The van der Waals surface area contributed by atoms with Gasteiger partial charge in [0.15, 0.2) is 17.3 Å². The Bertz CT molecular complexity index is 401. The first-order chi connectivity index (χ1) is 6.59. The fraction of sp³-hybridized carbons (Fsp3) is 0.300. The van der Waals surface area contributed by atoms with Crippen LogP contribution in [-0.2, 0) is 6.42 Å². The van der Waals surface area contributed by atoms with Crippen LogP contribution in [0.2, 0.25) is 0 Å². The summed E-state index contributed by atoms with van der Waals surface area (Å²) in [5, 5.41) is 18.5. The van der Waals surface area contributed by atoms with Crippen LogP contribution in [0.1, 0.15) is 22.3 Å². The van der Waals surface area contributed by atoms with Gasteiger partial charge in [-0.3, -0.25) is 4.79 Å². The SMILES string of the molecule is NC1CCc2cc(O)c(O)cc2C1=O. The second-order valence-electron chi connectivity index (χ2n) is 3.51. The third-order valence-electron chi connectivity index (χ3n) is 2.53. The van der Waals surface area contributed by atoms with Crippen molar-refractivity contribution in [3.05, 3.63) is 23.3 Å². The molecular weight excluding hydrogens is 182 g/mol. The Kier molecular flexibility index (Phi) is 1.93. The van der Waals surface area contributed by atoms with E-state index >= 15 is 0 Å². The maximum Gasteiger partial charge on any atom is 0.179 e. The fourth-order valence-electron chi connectivity index (χ4n) is 1.70. The monoisotopic (exact) mass is 193 g/mol. The van der Waals surface area contributed by atoms with Gasteiger partial charge in [-0.1, -0.05) is 0 Å². The third kappa shape index (κ3) is 1.24. The van der Waals surface area contributed by atoms with E-state index < -0.39 is 6.04 Å². The summed E-state index contributed by atoms with van der Waals surface area (Å²) in [5.41, 5.74) is 6.77. The minimum atomic E-state index is -0.480. The molecule has 0 amide bonds. The van der Waals surface area contributed by atoms with Crippen LogP contribution >= 0.6 is 0 Å². The number of fused-ring (bicyclic) bond motifs is 1. The molecule has 1 aromatic carbocycles. The Morgan fingerprint density at radius 3 is 2.64 bits per heavy atom. The molecule has 4 N–H and O–H groups in total. The molecule has 1 unspecified atom stereocenters. The van der Waals surface area contributed by atoms with Crippen LogP contribution in [0.5, 0.6) is 11.5 Å². The van der Waals surface area contributed by atoms with E-state index in [0.717, 1.165) is 5.56 Å². The Morgan fingerprint density at radius 2 is 1.93 bits per heavy atom. The van der Waals surface area contributed by atoms with E-state index in [9.17, 15) is 15.0 Å². The number of nitrogens with two attached hydrogens (primary N) is 1. The predicted octanol–water partition coefficient (Wildman–Crippen LogP) is 0.554. The number of phenols is 2. The molecule has 0 spiro atoms. The van der Waals surface area contributed by atoms with E-state index in [2.05, 4.69) is 0 Å². The number of aromatic hydroxyl groups is 2. The van der Waals surface area contributed by atoms with Crippen LogP contribution in [0.15, 0.2) is 12.1 Å². The standard InChI is InChI=1S/C10H11NO3/c11-7-2-1-5-3-8(12)9(13)4-6(5)10(7)14/h3-4,7,12-13H,1-2,11H2. The Balaban J connectivity index is 2.56. The summed E-state index contributed by atoms with van der Waals surface area (Å²) in [6, 6.07) is 2.23. The minimum Gasteiger partial charge on any atom is -0.504 e. The first-order valence-corrected chi connectivity index (χ1v) is 4.44. The van der Waals surface area contributed by atoms with Crippen molar-refractivity contribution in [2.45, 2.75) is 18.9 Å². The number of benzene rings is 1. The van der Waals surface area contributed by atoms with Gasteiger partial charge in [0.25, 0.3) is 0 Å². The second-order valence-corrected chi connectivity index (χ2v) is 3.51. The van der Waals surface area contributed by atoms with Gasteiger partial charge in [-0.2, -0.15) is 0 Å². The molecule has 1 aliphatic carbocycles. The average molecular weight is 193 g/mol. The lowest BCUT2D eigenvalue weighted by Crippen LogP contribution is -2.35. The first kappa shape index (κ1) is 9.02. The van der Waals surface area contributed by atoms with Crippen molar-refractivity contribution in [1.29, 1.82) is 0 Å². The van der Waals surface area contributed by atoms with Crippen molar-refractivity contribution in [1.82, 2.24) is 0 Å². The van der Waals surface area contributed by atoms with Gasteiger partial charge < -0.3 is 15.9 Å². The van der Waals surface area contributed by atoms with Crippen molar-refractivity contribution in [3.63, 3.8) is 0 Å². The lowest BCUT2D eigenvalue weighted by Gasteiger charge is -2.20. The summed E-state index contributed by atoms with van der Waals surface area (Å²) in [7, 11) is 0. The zero-order valence-corrected chi connectivity index (χ0v) is 7.53. The third-order valence-corrected chi connectivity index (χ3v) is 2.53. The summed E-state index contributed by atoms with van der Waals surface area (Å²) in [4.78, 5) is 11.6. The van der Waals surface area contributed by atoms with Gasteiger partial charge in [0, 0.05) is 5.56 Å². The molecule has 74 valence electrons. The summed E-state index contributed by atoms with van der Waals surface area (Å²) in [5.74, 6) is -0.625. The van der Waals surface area contributed by atoms with Gasteiger partial charge in [-0.25, -0.2) is 0 Å². The first-order valence-electron chi connectivity index (χ1n) is 4.44. The number of aryl methyl sites for hydroxylation is 1. The van der Waals surface area contributed by atoms with Crippen molar-refractivity contribution in [3.8, 4) is 11.5 Å². The summed E-state index contributed by atoms with van der Waals surface area (Å²) in [6.45, 7) is 0. The van der Waals surface area contributed by atoms with Gasteiger partial charge >= 0.3 is 0 Å². The quantitative estimate of drug-likeness (QED) is 0.525. The highest BCUT2D eigenvalue weighted by atomic mass is 16.3. The van der Waals surface area contributed by atoms with Crippen molar-refractivity contribution < 1.29 is 15.0 Å². The largest absolute Gasteiger partial charge is 0.504 e. The van der Waals surface area contributed by atoms with E-state index in [1.165, 1.54) is 12.1 Å². The minimum absolute atomic E-state index is 0.165. The number of carbonyl (C=O) groups excluding carboxylic acids is 1. The molecule has 0 aromatic heterocycles. The molecule has 14 heavy (non-hydrogen) atoms. The highest BCUT2D eigenvalue weighted by molar-refractivity contribution is 6.02. The van der Waals surface area contributed by atoms with Gasteiger partial charge in [0.2, 0.25) is 0 Å². The van der Waals surface area contributed by atoms with E-state index in [1.807, 2.05) is 0 Å². The van der Waals surface area contributed by atoms with Crippen LogP contribution in [0.4, 0.5) is 0 Å². The van der Waals surface area contributed by atoms with E-state index in [4.69, 9.17) is 5.73 Å². The van der Waals surface area contributed by atoms with Crippen molar-refractivity contribution in [2.24, 2.45) is 5.73 Å². The van der Waals surface area contributed by atoms with Crippen molar-refractivity contribution in [2.75, 3.05) is 0 Å². The number of rotatable bonds is 0. The highest BCUT2D eigenvalue weighted by Gasteiger charge is 2.25. The zero-order valence-electron chi connectivity index (χ0n) is 7.53. The van der Waals surface area contributed by atoms with Crippen LogP contribution in [0.3, 0.4) is 0 Å². The lowest BCUT2D eigenvalue weighted by molar-refractivity contribution is 0.0948. The molecule has 0 saturated heterocycles. The molecule has 0 radical (unpaired) electrons. The molecule has 0 heterocycles. The van der Waals surface area contributed by atoms with E-state index in [1.54, 1.807) is 0 Å². The van der Waals surface area contributed by atoms with Gasteiger partial charge in [0.05, 0.1) is 6.04 Å². The summed E-state index contributed by atoms with van der Waals surface area (Å²) in [6.07, 6.45) is 1.26. The number of phenolic OH excluding ortho intramolecular Hbond substituents is 2. The molecule has 4 nitrogen and oxygen atoms in total. The topological polar surface area (TPSA) is 83.6 Å². The molecule has 1 aromatic rings. The Morgan fingerprint density at radius 1 is 1.29 bits per heavy atom. The number of hydrogen-bond donors (Lipinski definition) is 3. The molecule has 0 bridgehead atoms. The average Bonchev–Trinajstić information content (AvgIpc) is 2.15. The number of ketones is 1. The Hall–Kier alpha value is -1.55. The van der Waals surface area contributed by atoms with Gasteiger partial charge in [0.1, 0.15) is 0 Å². The zero-order chi connectivity index (χ0) is 10.3. The van der Waals surface area contributed by atoms with Crippen LogP contribution in [-0.4, -0.2) is 22.0 Å². The molecule has 4 heteroatoms. The number of carbonyl (C=O) groups is 1. The normalized spacial score (nSPS) is 20.6. The molecule has 2 rings (SSSR count). The molecule has 1 aliphatic rings.